The number of benzene rings is 8. The molecule has 0 bridgehead atoms. The Balaban J connectivity index is 1.10. The summed E-state index contributed by atoms with van der Waals surface area (Å²) >= 11 is 3.75. The van der Waals surface area contributed by atoms with E-state index in [2.05, 4.69) is 193 Å². The lowest BCUT2D eigenvalue weighted by molar-refractivity contribution is 1.30. The number of hydrogen-bond donors (Lipinski definition) is 0. The van der Waals surface area contributed by atoms with Crippen LogP contribution in [0.4, 0.5) is 17.1 Å². The van der Waals surface area contributed by atoms with Gasteiger partial charge in [0.2, 0.25) is 0 Å². The van der Waals surface area contributed by atoms with E-state index in [1.54, 1.807) is 0 Å². The minimum absolute atomic E-state index is 1.13. The standard InChI is InChI=1S/C48H31NS2/c1-3-13-33(14-4-1)43-31-34(27-30-37(43)40-19-11-20-41-38-17-7-9-23-45(38)50-47(40)41)32-25-28-36(29-26-32)49(35-15-5-2-6-16-35)44-22-12-21-42-39-18-8-10-24-46(39)51-48(42)44/h1-31H. The second kappa shape index (κ2) is 12.4. The highest BCUT2D eigenvalue weighted by molar-refractivity contribution is 7.26. The van der Waals surface area contributed by atoms with Crippen molar-refractivity contribution >= 4 is 80.1 Å². The van der Waals surface area contributed by atoms with Gasteiger partial charge in [-0.2, -0.15) is 0 Å². The van der Waals surface area contributed by atoms with E-state index in [1.807, 2.05) is 22.7 Å². The van der Waals surface area contributed by atoms with Gasteiger partial charge >= 0.3 is 0 Å². The van der Waals surface area contributed by atoms with Crippen LogP contribution < -0.4 is 4.90 Å². The molecule has 0 radical (unpaired) electrons. The Labute approximate surface area is 304 Å². The first kappa shape index (κ1) is 29.9. The van der Waals surface area contributed by atoms with E-state index in [0.717, 1.165) is 11.4 Å². The van der Waals surface area contributed by atoms with Gasteiger partial charge in [0.05, 0.1) is 10.4 Å². The molecule has 10 rings (SSSR count). The van der Waals surface area contributed by atoms with Crippen LogP contribution >= 0.6 is 22.7 Å². The number of thiophene rings is 2. The number of nitrogens with zero attached hydrogens (tertiary/aromatic N) is 1. The summed E-state index contributed by atoms with van der Waals surface area (Å²) in [5.74, 6) is 0. The zero-order chi connectivity index (χ0) is 33.7. The molecule has 0 unspecified atom stereocenters. The Kier molecular flexibility index (Phi) is 7.26. The van der Waals surface area contributed by atoms with Crippen LogP contribution in [0, 0.1) is 0 Å². The molecule has 0 saturated heterocycles. The topological polar surface area (TPSA) is 3.24 Å². The fraction of sp³-hybridized carbons (Fsp3) is 0. The largest absolute Gasteiger partial charge is 0.309 e. The van der Waals surface area contributed by atoms with Crippen LogP contribution in [-0.4, -0.2) is 0 Å². The van der Waals surface area contributed by atoms with Crippen molar-refractivity contribution in [2.75, 3.05) is 4.90 Å². The zero-order valence-electron chi connectivity index (χ0n) is 27.7. The van der Waals surface area contributed by atoms with Gasteiger partial charge in [-0.05, 0) is 76.3 Å². The van der Waals surface area contributed by atoms with Crippen LogP contribution in [0.15, 0.2) is 188 Å². The van der Waals surface area contributed by atoms with E-state index in [4.69, 9.17) is 0 Å². The normalized spacial score (nSPS) is 11.5. The van der Waals surface area contributed by atoms with Crippen molar-refractivity contribution in [1.82, 2.24) is 0 Å². The molecular weight excluding hydrogens is 655 g/mol. The maximum Gasteiger partial charge on any atom is 0.0640 e. The molecule has 0 atom stereocenters. The quantitative estimate of drug-likeness (QED) is 0.168. The highest BCUT2D eigenvalue weighted by atomic mass is 32.1. The number of para-hydroxylation sites is 1. The summed E-state index contributed by atoms with van der Waals surface area (Å²) in [6.45, 7) is 0. The van der Waals surface area contributed by atoms with Crippen molar-refractivity contribution in [2.24, 2.45) is 0 Å². The van der Waals surface area contributed by atoms with Gasteiger partial charge in [-0.25, -0.2) is 0 Å². The molecule has 0 aliphatic heterocycles. The minimum atomic E-state index is 1.13. The van der Waals surface area contributed by atoms with Gasteiger partial charge in [0.25, 0.3) is 0 Å². The molecule has 2 aromatic heterocycles. The number of fused-ring (bicyclic) bond motifs is 6. The smallest absolute Gasteiger partial charge is 0.0640 e. The van der Waals surface area contributed by atoms with Crippen molar-refractivity contribution in [2.45, 2.75) is 0 Å². The lowest BCUT2D eigenvalue weighted by Crippen LogP contribution is -2.09. The fourth-order valence-corrected chi connectivity index (χ4v) is 9.93. The fourth-order valence-electron chi connectivity index (χ4n) is 7.49. The van der Waals surface area contributed by atoms with E-state index in [0.29, 0.717) is 0 Å². The molecule has 3 heteroatoms. The predicted molar refractivity (Wildman–Crippen MR) is 223 cm³/mol. The molecule has 0 saturated carbocycles. The molecule has 8 aromatic carbocycles. The Hall–Kier alpha value is -6.00. The molecule has 0 amide bonds. The van der Waals surface area contributed by atoms with Gasteiger partial charge in [-0.3, -0.25) is 0 Å². The Morgan fingerprint density at radius 1 is 0.314 bits per heavy atom. The van der Waals surface area contributed by atoms with Crippen molar-refractivity contribution in [3.05, 3.63) is 188 Å². The monoisotopic (exact) mass is 685 g/mol. The molecule has 51 heavy (non-hydrogen) atoms. The molecule has 0 N–H and O–H groups in total. The van der Waals surface area contributed by atoms with Gasteiger partial charge in [0.15, 0.2) is 0 Å². The van der Waals surface area contributed by atoms with E-state index < -0.39 is 0 Å². The Morgan fingerprint density at radius 3 is 1.59 bits per heavy atom. The lowest BCUT2D eigenvalue weighted by Gasteiger charge is -2.26. The highest BCUT2D eigenvalue weighted by Gasteiger charge is 2.19. The molecule has 240 valence electrons. The number of anilines is 3. The van der Waals surface area contributed by atoms with Crippen LogP contribution in [0.3, 0.4) is 0 Å². The Bertz CT molecular complexity index is 2850. The first-order chi connectivity index (χ1) is 25.3. The second-order valence-corrected chi connectivity index (χ2v) is 15.0. The highest BCUT2D eigenvalue weighted by Crippen LogP contribution is 2.46. The van der Waals surface area contributed by atoms with Gasteiger partial charge in [-0.15, -0.1) is 22.7 Å². The van der Waals surface area contributed by atoms with Crippen LogP contribution in [0.1, 0.15) is 0 Å². The third kappa shape index (κ3) is 5.13. The van der Waals surface area contributed by atoms with E-state index in [9.17, 15) is 0 Å². The average Bonchev–Trinajstić information content (AvgIpc) is 3.78. The van der Waals surface area contributed by atoms with Gasteiger partial charge in [-0.1, -0.05) is 140 Å². The van der Waals surface area contributed by atoms with Crippen LogP contribution in [0.2, 0.25) is 0 Å². The van der Waals surface area contributed by atoms with Crippen LogP contribution in [-0.2, 0) is 0 Å². The molecule has 0 fully saturated rings. The summed E-state index contributed by atoms with van der Waals surface area (Å²) in [6.07, 6.45) is 0. The molecule has 0 aliphatic rings. The summed E-state index contributed by atoms with van der Waals surface area (Å²) in [7, 11) is 0. The van der Waals surface area contributed by atoms with Crippen molar-refractivity contribution < 1.29 is 0 Å². The van der Waals surface area contributed by atoms with E-state index in [1.165, 1.54) is 79.4 Å². The predicted octanol–water partition coefficient (Wildman–Crippen LogP) is 14.9. The Morgan fingerprint density at radius 2 is 0.863 bits per heavy atom. The molecule has 1 nitrogen and oxygen atoms in total. The summed E-state index contributed by atoms with van der Waals surface area (Å²) in [6, 6.07) is 68.5. The molecule has 0 aliphatic carbocycles. The minimum Gasteiger partial charge on any atom is -0.309 e. The average molecular weight is 686 g/mol. The van der Waals surface area contributed by atoms with Crippen molar-refractivity contribution in [3.63, 3.8) is 0 Å². The zero-order valence-corrected chi connectivity index (χ0v) is 29.3. The number of rotatable bonds is 6. The summed E-state index contributed by atoms with van der Waals surface area (Å²) < 4.78 is 5.27. The lowest BCUT2D eigenvalue weighted by atomic mass is 9.90. The van der Waals surface area contributed by atoms with Gasteiger partial charge in [0.1, 0.15) is 0 Å². The van der Waals surface area contributed by atoms with Crippen molar-refractivity contribution in [3.8, 4) is 33.4 Å². The first-order valence-corrected chi connectivity index (χ1v) is 18.9. The molecule has 0 spiro atoms. The molecular formula is C48H31NS2. The summed E-state index contributed by atoms with van der Waals surface area (Å²) in [5, 5.41) is 5.25. The summed E-state index contributed by atoms with van der Waals surface area (Å²) in [5.41, 5.74) is 10.8. The third-order valence-corrected chi connectivity index (χ3v) is 12.3. The molecule has 2 heterocycles. The van der Waals surface area contributed by atoms with Gasteiger partial charge < -0.3 is 4.90 Å². The number of hydrogen-bond acceptors (Lipinski definition) is 3. The van der Waals surface area contributed by atoms with E-state index >= 15 is 0 Å². The van der Waals surface area contributed by atoms with Crippen molar-refractivity contribution in [1.29, 1.82) is 0 Å². The van der Waals surface area contributed by atoms with Crippen LogP contribution in [0.5, 0.6) is 0 Å². The van der Waals surface area contributed by atoms with Crippen LogP contribution in [0.25, 0.3) is 73.7 Å². The van der Waals surface area contributed by atoms with Gasteiger partial charge in [0, 0.05) is 52.6 Å². The first-order valence-electron chi connectivity index (χ1n) is 17.3. The second-order valence-electron chi connectivity index (χ2n) is 12.9. The third-order valence-electron chi connectivity index (χ3n) is 9.90. The maximum atomic E-state index is 2.39. The SMILES string of the molecule is c1ccc(-c2cc(-c3ccc(N(c4ccccc4)c4cccc5c4sc4ccccc45)cc3)ccc2-c2cccc3c2sc2ccccc23)cc1. The summed E-state index contributed by atoms with van der Waals surface area (Å²) in [4.78, 5) is 2.39. The van der Waals surface area contributed by atoms with E-state index in [-0.39, 0.29) is 0 Å². The molecule has 10 aromatic rings. The maximum absolute atomic E-state index is 2.39.